The van der Waals surface area contributed by atoms with E-state index in [0.717, 1.165) is 9.25 Å². The molecule has 2 amide bonds. The van der Waals surface area contributed by atoms with Gasteiger partial charge in [-0.1, -0.05) is 0 Å². The van der Waals surface area contributed by atoms with Gasteiger partial charge in [-0.3, -0.25) is 9.69 Å². The molecule has 1 N–H and O–H groups in total. The van der Waals surface area contributed by atoms with Gasteiger partial charge >= 0.3 is 11.7 Å². The van der Waals surface area contributed by atoms with Crippen molar-refractivity contribution < 1.29 is 18.7 Å². The lowest BCUT2D eigenvalue weighted by Gasteiger charge is -2.14. The molecule has 1 aliphatic heterocycles. The monoisotopic (exact) mass is 397 g/mol. The van der Waals surface area contributed by atoms with Crippen LogP contribution in [0.15, 0.2) is 53.3 Å². The predicted octanol–water partition coefficient (Wildman–Crippen LogP) is 1.82. The third-order valence-corrected chi connectivity index (χ3v) is 4.43. The minimum Gasteiger partial charge on any atom is -0.497 e. The van der Waals surface area contributed by atoms with Gasteiger partial charge in [-0.05, 0) is 48.5 Å². The van der Waals surface area contributed by atoms with Gasteiger partial charge in [0.25, 0.3) is 0 Å². The fourth-order valence-corrected chi connectivity index (χ4v) is 3.01. The van der Waals surface area contributed by atoms with Gasteiger partial charge in [0, 0.05) is 11.4 Å². The first kappa shape index (κ1) is 18.4. The highest BCUT2D eigenvalue weighted by Gasteiger charge is 2.33. The van der Waals surface area contributed by atoms with Gasteiger partial charge in [0.15, 0.2) is 5.82 Å². The zero-order valence-corrected chi connectivity index (χ0v) is 15.3. The molecular formula is C19H16FN5O4. The van der Waals surface area contributed by atoms with E-state index < -0.39 is 23.4 Å². The molecule has 0 unspecified atom stereocenters. The van der Waals surface area contributed by atoms with Crippen LogP contribution in [0.1, 0.15) is 5.82 Å². The van der Waals surface area contributed by atoms with Crippen LogP contribution in [0.5, 0.6) is 5.75 Å². The molecule has 0 aliphatic carbocycles. The minimum absolute atomic E-state index is 0.0484. The summed E-state index contributed by atoms with van der Waals surface area (Å²) in [7, 11) is 1.54. The van der Waals surface area contributed by atoms with Crippen molar-refractivity contribution in [1.82, 2.24) is 14.3 Å². The first-order chi connectivity index (χ1) is 14.0. The Hall–Kier alpha value is -3.95. The summed E-state index contributed by atoms with van der Waals surface area (Å²) in [4.78, 5) is 38.7. The van der Waals surface area contributed by atoms with Crippen LogP contribution in [-0.2, 0) is 17.9 Å². The van der Waals surface area contributed by atoms with Gasteiger partial charge < -0.3 is 10.1 Å². The lowest BCUT2D eigenvalue weighted by molar-refractivity contribution is -0.117. The second kappa shape index (κ2) is 7.23. The maximum Gasteiger partial charge on any atom is 0.354 e. The molecular weight excluding hydrogens is 381 g/mol. The number of amides is 2. The number of hydrogen-bond donors (Lipinski definition) is 1. The normalized spacial score (nSPS) is 12.8. The Balaban J connectivity index is 1.48. The average molecular weight is 397 g/mol. The highest BCUT2D eigenvalue weighted by atomic mass is 19.1. The maximum absolute atomic E-state index is 13.1. The average Bonchev–Trinajstić information content (AvgIpc) is 3.19. The van der Waals surface area contributed by atoms with Gasteiger partial charge in [-0.15, -0.1) is 0 Å². The number of halogens is 1. The van der Waals surface area contributed by atoms with Crippen molar-refractivity contribution in [3.05, 3.63) is 70.7 Å². The van der Waals surface area contributed by atoms with Gasteiger partial charge in [-0.2, -0.15) is 9.67 Å². The number of methoxy groups -OCH3 is 1. The van der Waals surface area contributed by atoms with Crippen molar-refractivity contribution in [3.8, 4) is 5.75 Å². The van der Waals surface area contributed by atoms with E-state index in [2.05, 4.69) is 10.4 Å². The Bertz CT molecular complexity index is 1130. The minimum atomic E-state index is -0.709. The highest BCUT2D eigenvalue weighted by Crippen LogP contribution is 2.22. The summed E-state index contributed by atoms with van der Waals surface area (Å²) in [5.41, 5.74) is 0.277. The van der Waals surface area contributed by atoms with Crippen LogP contribution < -0.4 is 20.6 Å². The molecule has 9 nitrogen and oxygen atoms in total. The quantitative estimate of drug-likeness (QED) is 0.708. The Labute approximate surface area is 163 Å². The molecule has 10 heteroatoms. The molecule has 0 atom stereocenters. The maximum atomic E-state index is 13.1. The Kier molecular flexibility index (Phi) is 4.59. The van der Waals surface area contributed by atoms with Crippen molar-refractivity contribution in [3.63, 3.8) is 0 Å². The first-order valence-electron chi connectivity index (χ1n) is 8.66. The second-order valence-corrected chi connectivity index (χ2v) is 6.31. The number of carbonyl (C=O) groups is 2. The second-order valence-electron chi connectivity index (χ2n) is 6.31. The molecule has 29 heavy (non-hydrogen) atoms. The zero-order valence-electron chi connectivity index (χ0n) is 15.3. The number of fused-ring (bicyclic) bond motifs is 1. The molecule has 0 bridgehead atoms. The SMILES string of the molecule is COc1ccc(NC(=O)Cn2nc3n(c2=O)C(=O)N(c2ccc(F)cc2)C3)cc1. The molecule has 0 radical (unpaired) electrons. The smallest absolute Gasteiger partial charge is 0.354 e. The van der Waals surface area contributed by atoms with Crippen LogP contribution in [0.25, 0.3) is 0 Å². The number of hydrogen-bond acceptors (Lipinski definition) is 5. The molecule has 1 aromatic heterocycles. The van der Waals surface area contributed by atoms with Crippen LogP contribution in [0.2, 0.25) is 0 Å². The van der Waals surface area contributed by atoms with E-state index in [1.54, 1.807) is 24.3 Å². The van der Waals surface area contributed by atoms with Gasteiger partial charge in [0.05, 0.1) is 13.7 Å². The number of nitrogens with one attached hydrogen (secondary N) is 1. The van der Waals surface area contributed by atoms with Crippen molar-refractivity contribution >= 4 is 23.3 Å². The fourth-order valence-electron chi connectivity index (χ4n) is 3.01. The molecule has 4 rings (SSSR count). The van der Waals surface area contributed by atoms with Crippen molar-refractivity contribution in [1.29, 1.82) is 0 Å². The van der Waals surface area contributed by atoms with Crippen LogP contribution in [-0.4, -0.2) is 33.4 Å². The lowest BCUT2D eigenvalue weighted by Crippen LogP contribution is -2.36. The van der Waals surface area contributed by atoms with E-state index >= 15 is 0 Å². The topological polar surface area (TPSA) is 98.5 Å². The Morgan fingerprint density at radius 3 is 2.45 bits per heavy atom. The van der Waals surface area contributed by atoms with E-state index in [0.29, 0.717) is 17.1 Å². The Morgan fingerprint density at radius 1 is 1.14 bits per heavy atom. The lowest BCUT2D eigenvalue weighted by atomic mass is 10.3. The molecule has 0 spiro atoms. The summed E-state index contributed by atoms with van der Waals surface area (Å²) in [5.74, 6) is -0.0317. The first-order valence-corrected chi connectivity index (χ1v) is 8.66. The predicted molar refractivity (Wildman–Crippen MR) is 101 cm³/mol. The standard InChI is InChI=1S/C19H16FN5O4/c1-29-15-8-4-13(5-9-15)21-17(26)11-24-19(28)25-16(22-24)10-23(18(25)27)14-6-2-12(20)3-7-14/h2-9H,10-11H2,1H3,(H,21,26). The van der Waals surface area contributed by atoms with Gasteiger partial charge in [-0.25, -0.2) is 18.7 Å². The number of ether oxygens (including phenoxy) is 1. The summed E-state index contributed by atoms with van der Waals surface area (Å²) in [6.45, 7) is -0.290. The fraction of sp³-hybridized carbons (Fsp3) is 0.158. The summed E-state index contributed by atoms with van der Waals surface area (Å²) in [6.07, 6.45) is 0. The third kappa shape index (κ3) is 3.47. The van der Waals surface area contributed by atoms with Crippen molar-refractivity contribution in [2.45, 2.75) is 13.1 Å². The molecule has 0 fully saturated rings. The van der Waals surface area contributed by atoms with E-state index in [9.17, 15) is 18.8 Å². The number of rotatable bonds is 5. The summed E-state index contributed by atoms with van der Waals surface area (Å²) < 4.78 is 20.0. The molecule has 2 heterocycles. The molecule has 3 aromatic rings. The Morgan fingerprint density at radius 2 is 1.83 bits per heavy atom. The molecule has 2 aromatic carbocycles. The summed E-state index contributed by atoms with van der Waals surface area (Å²) in [6, 6.07) is 11.5. The number of nitrogens with zero attached hydrogens (tertiary/aromatic N) is 4. The highest BCUT2D eigenvalue weighted by molar-refractivity contribution is 5.96. The number of anilines is 2. The van der Waals surface area contributed by atoms with E-state index in [4.69, 9.17) is 4.74 Å². The van der Waals surface area contributed by atoms with Gasteiger partial charge in [0.2, 0.25) is 5.91 Å². The molecule has 0 saturated carbocycles. The number of benzene rings is 2. The summed E-state index contributed by atoms with van der Waals surface area (Å²) >= 11 is 0. The zero-order chi connectivity index (χ0) is 20.5. The summed E-state index contributed by atoms with van der Waals surface area (Å²) in [5, 5.41) is 6.74. The number of aromatic nitrogens is 3. The van der Waals surface area contributed by atoms with Crippen LogP contribution >= 0.6 is 0 Å². The van der Waals surface area contributed by atoms with Crippen molar-refractivity contribution in [2.75, 3.05) is 17.3 Å². The molecule has 0 saturated heterocycles. The molecule has 1 aliphatic rings. The molecule has 148 valence electrons. The van der Waals surface area contributed by atoms with Crippen LogP contribution in [0, 0.1) is 5.82 Å². The number of carbonyl (C=O) groups excluding carboxylic acids is 2. The van der Waals surface area contributed by atoms with Crippen LogP contribution in [0.4, 0.5) is 20.6 Å². The van der Waals surface area contributed by atoms with E-state index in [1.165, 1.54) is 36.3 Å². The van der Waals surface area contributed by atoms with E-state index in [1.807, 2.05) is 0 Å². The third-order valence-electron chi connectivity index (χ3n) is 4.43. The van der Waals surface area contributed by atoms with Crippen molar-refractivity contribution in [2.24, 2.45) is 0 Å². The largest absolute Gasteiger partial charge is 0.497 e. The van der Waals surface area contributed by atoms with Gasteiger partial charge in [0.1, 0.15) is 18.1 Å². The van der Waals surface area contributed by atoms with Crippen LogP contribution in [0.3, 0.4) is 0 Å². The van der Waals surface area contributed by atoms with E-state index in [-0.39, 0.29) is 18.9 Å².